The van der Waals surface area contributed by atoms with Crippen molar-refractivity contribution in [1.29, 1.82) is 0 Å². The van der Waals surface area contributed by atoms with Crippen molar-refractivity contribution >= 4 is 17.3 Å². The molecule has 0 saturated carbocycles. The van der Waals surface area contributed by atoms with Crippen molar-refractivity contribution in [2.45, 2.75) is 6.42 Å². The Bertz CT molecular complexity index is 515. The molecule has 1 N–H and O–H groups in total. The van der Waals surface area contributed by atoms with Gasteiger partial charge in [0.15, 0.2) is 0 Å². The SMILES string of the molecule is C=CCN(CCC(=O)O)c1cc([N+](=O)[O-])ccc1OC. The average Bonchev–Trinajstić information content (AvgIpc) is 2.42. The molecule has 0 radical (unpaired) electrons. The van der Waals surface area contributed by atoms with E-state index in [2.05, 4.69) is 6.58 Å². The number of rotatable bonds is 8. The zero-order valence-corrected chi connectivity index (χ0v) is 11.1. The normalized spacial score (nSPS) is 9.85. The fraction of sp³-hybridized carbons (Fsp3) is 0.308. The maximum Gasteiger partial charge on any atom is 0.305 e. The molecule has 7 nitrogen and oxygen atoms in total. The first-order chi connectivity index (χ1) is 9.49. The predicted octanol–water partition coefficient (Wildman–Crippen LogP) is 2.07. The van der Waals surface area contributed by atoms with E-state index < -0.39 is 10.9 Å². The van der Waals surface area contributed by atoms with Gasteiger partial charge in [0.25, 0.3) is 5.69 Å². The van der Waals surface area contributed by atoms with Crippen LogP contribution in [0.1, 0.15) is 6.42 Å². The van der Waals surface area contributed by atoms with Gasteiger partial charge in [-0.05, 0) is 6.07 Å². The van der Waals surface area contributed by atoms with Crippen LogP contribution in [0, 0.1) is 10.1 Å². The molecule has 1 rings (SSSR count). The van der Waals surface area contributed by atoms with Crippen LogP contribution < -0.4 is 9.64 Å². The first-order valence-corrected chi connectivity index (χ1v) is 5.89. The lowest BCUT2D eigenvalue weighted by molar-refractivity contribution is -0.384. The number of nitro benzene ring substituents is 1. The van der Waals surface area contributed by atoms with Gasteiger partial charge in [-0.2, -0.15) is 0 Å². The Labute approximate surface area is 116 Å². The van der Waals surface area contributed by atoms with Crippen LogP contribution in [-0.4, -0.2) is 36.2 Å². The highest BCUT2D eigenvalue weighted by Gasteiger charge is 2.17. The molecule has 0 aliphatic carbocycles. The highest BCUT2D eigenvalue weighted by molar-refractivity contribution is 5.69. The number of nitrogens with zero attached hydrogens (tertiary/aromatic N) is 2. The second-order valence-electron chi connectivity index (χ2n) is 3.99. The highest BCUT2D eigenvalue weighted by atomic mass is 16.6. The Morgan fingerprint density at radius 1 is 1.60 bits per heavy atom. The summed E-state index contributed by atoms with van der Waals surface area (Å²) in [7, 11) is 1.45. The van der Waals surface area contributed by atoms with E-state index in [1.54, 1.807) is 11.0 Å². The maximum atomic E-state index is 10.8. The molecule has 0 spiro atoms. The van der Waals surface area contributed by atoms with Gasteiger partial charge in [-0.15, -0.1) is 6.58 Å². The molecule has 108 valence electrons. The molecular weight excluding hydrogens is 264 g/mol. The third-order valence-corrected chi connectivity index (χ3v) is 2.66. The first-order valence-electron chi connectivity index (χ1n) is 5.89. The topological polar surface area (TPSA) is 92.9 Å². The Hall–Kier alpha value is -2.57. The summed E-state index contributed by atoms with van der Waals surface area (Å²) in [4.78, 5) is 22.7. The van der Waals surface area contributed by atoms with Crippen molar-refractivity contribution < 1.29 is 19.6 Å². The van der Waals surface area contributed by atoms with Crippen LogP contribution in [0.2, 0.25) is 0 Å². The largest absolute Gasteiger partial charge is 0.495 e. The number of carboxylic acid groups (broad SMARTS) is 1. The van der Waals surface area contributed by atoms with Crippen molar-refractivity contribution in [3.8, 4) is 5.75 Å². The number of methoxy groups -OCH3 is 1. The minimum Gasteiger partial charge on any atom is -0.495 e. The number of aliphatic carboxylic acids is 1. The molecule has 0 unspecified atom stereocenters. The van der Waals surface area contributed by atoms with E-state index in [-0.39, 0.29) is 18.7 Å². The number of anilines is 1. The van der Waals surface area contributed by atoms with Gasteiger partial charge in [0, 0.05) is 25.2 Å². The molecule has 0 saturated heterocycles. The van der Waals surface area contributed by atoms with E-state index in [9.17, 15) is 14.9 Å². The van der Waals surface area contributed by atoms with Gasteiger partial charge in [0.05, 0.1) is 24.1 Å². The lowest BCUT2D eigenvalue weighted by Gasteiger charge is -2.24. The van der Waals surface area contributed by atoms with Gasteiger partial charge in [0.1, 0.15) is 5.75 Å². The van der Waals surface area contributed by atoms with Crippen molar-refractivity contribution in [3.05, 3.63) is 41.0 Å². The summed E-state index contributed by atoms with van der Waals surface area (Å²) in [5.74, 6) is -0.494. The molecule has 0 aromatic heterocycles. The standard InChI is InChI=1S/C13H16N2O5/c1-3-7-14(8-6-13(16)17)11-9-10(15(18)19)4-5-12(11)20-2/h3-5,9H,1,6-8H2,2H3,(H,16,17). The number of nitro groups is 1. The predicted molar refractivity (Wildman–Crippen MR) is 74.3 cm³/mol. The molecule has 0 atom stereocenters. The van der Waals surface area contributed by atoms with Gasteiger partial charge < -0.3 is 14.7 Å². The lowest BCUT2D eigenvalue weighted by Crippen LogP contribution is -2.26. The van der Waals surface area contributed by atoms with E-state index in [1.807, 2.05) is 0 Å². The van der Waals surface area contributed by atoms with E-state index in [4.69, 9.17) is 9.84 Å². The summed E-state index contributed by atoms with van der Waals surface area (Å²) in [6.45, 7) is 4.18. The third kappa shape index (κ3) is 3.98. The molecule has 1 aromatic rings. The van der Waals surface area contributed by atoms with Crippen LogP contribution in [0.15, 0.2) is 30.9 Å². The molecule has 0 aliphatic rings. The molecule has 0 amide bonds. The Morgan fingerprint density at radius 2 is 2.30 bits per heavy atom. The van der Waals surface area contributed by atoms with Crippen LogP contribution in [-0.2, 0) is 4.79 Å². The molecule has 0 heterocycles. The maximum absolute atomic E-state index is 10.8. The summed E-state index contributed by atoms with van der Waals surface area (Å²) in [5.41, 5.74) is 0.396. The van der Waals surface area contributed by atoms with E-state index >= 15 is 0 Å². The fourth-order valence-corrected chi connectivity index (χ4v) is 1.74. The number of benzene rings is 1. The Balaban J connectivity index is 3.14. The van der Waals surface area contributed by atoms with Crippen LogP contribution in [0.3, 0.4) is 0 Å². The lowest BCUT2D eigenvalue weighted by atomic mass is 10.2. The summed E-state index contributed by atoms with van der Waals surface area (Å²) in [6.07, 6.45) is 1.51. The van der Waals surface area contributed by atoms with Gasteiger partial charge in [0.2, 0.25) is 0 Å². The molecular formula is C13H16N2O5. The van der Waals surface area contributed by atoms with Gasteiger partial charge >= 0.3 is 5.97 Å². The second-order valence-corrected chi connectivity index (χ2v) is 3.99. The Morgan fingerprint density at radius 3 is 2.80 bits per heavy atom. The number of hydrogen-bond acceptors (Lipinski definition) is 5. The quantitative estimate of drug-likeness (QED) is 0.445. The monoisotopic (exact) mass is 280 g/mol. The molecule has 0 fully saturated rings. The minimum absolute atomic E-state index is 0.0785. The van der Waals surface area contributed by atoms with Crippen LogP contribution in [0.4, 0.5) is 11.4 Å². The van der Waals surface area contributed by atoms with Crippen molar-refractivity contribution in [2.24, 2.45) is 0 Å². The first kappa shape index (κ1) is 15.5. The molecule has 20 heavy (non-hydrogen) atoms. The number of hydrogen-bond donors (Lipinski definition) is 1. The number of ether oxygens (including phenoxy) is 1. The number of carbonyl (C=O) groups is 1. The van der Waals surface area contributed by atoms with Gasteiger partial charge in [-0.3, -0.25) is 14.9 Å². The molecule has 1 aromatic carbocycles. The van der Waals surface area contributed by atoms with E-state index in [0.29, 0.717) is 18.0 Å². The summed E-state index contributed by atoms with van der Waals surface area (Å²) >= 11 is 0. The summed E-state index contributed by atoms with van der Waals surface area (Å²) < 4.78 is 5.17. The van der Waals surface area contributed by atoms with Crippen molar-refractivity contribution in [3.63, 3.8) is 0 Å². The van der Waals surface area contributed by atoms with Gasteiger partial charge in [-0.1, -0.05) is 6.08 Å². The second kappa shape index (κ2) is 7.13. The minimum atomic E-state index is -0.941. The number of non-ortho nitro benzene ring substituents is 1. The Kier molecular flexibility index (Phi) is 5.52. The molecule has 0 bridgehead atoms. The van der Waals surface area contributed by atoms with Crippen molar-refractivity contribution in [2.75, 3.05) is 25.1 Å². The van der Waals surface area contributed by atoms with Crippen LogP contribution in [0.5, 0.6) is 5.75 Å². The van der Waals surface area contributed by atoms with E-state index in [0.717, 1.165) is 0 Å². The van der Waals surface area contributed by atoms with E-state index in [1.165, 1.54) is 25.3 Å². The average molecular weight is 280 g/mol. The smallest absolute Gasteiger partial charge is 0.305 e. The zero-order chi connectivity index (χ0) is 15.1. The third-order valence-electron chi connectivity index (χ3n) is 2.66. The zero-order valence-electron chi connectivity index (χ0n) is 11.1. The number of carboxylic acids is 1. The van der Waals surface area contributed by atoms with Crippen molar-refractivity contribution in [1.82, 2.24) is 0 Å². The van der Waals surface area contributed by atoms with Gasteiger partial charge in [-0.25, -0.2) is 0 Å². The van der Waals surface area contributed by atoms with Crippen LogP contribution in [0.25, 0.3) is 0 Å². The summed E-state index contributed by atoms with van der Waals surface area (Å²) in [5, 5.41) is 19.6. The highest BCUT2D eigenvalue weighted by Crippen LogP contribution is 2.32. The molecule has 7 heteroatoms. The molecule has 0 aliphatic heterocycles. The fourth-order valence-electron chi connectivity index (χ4n) is 1.74. The van der Waals surface area contributed by atoms with Crippen LogP contribution >= 0.6 is 0 Å². The summed E-state index contributed by atoms with van der Waals surface area (Å²) in [6, 6.07) is 4.19.